The van der Waals surface area contributed by atoms with Gasteiger partial charge in [0.05, 0.1) is 11.5 Å². The fraction of sp³-hybridized carbons (Fsp3) is 0.391. The van der Waals surface area contributed by atoms with Crippen molar-refractivity contribution in [2.75, 3.05) is 37.7 Å². The lowest BCUT2D eigenvalue weighted by Gasteiger charge is -2.34. The molecule has 1 fully saturated rings. The number of nitrogens with zero attached hydrogens (tertiary/aromatic N) is 4. The SMILES string of the molecule is CCOc1cc2c(cc1/C=C/C(=O)N1CCN(c3ccc([N+](=O)[O-])cn3)CC1)OC(C)C2. The lowest BCUT2D eigenvalue weighted by atomic mass is 10.1. The molecule has 1 atom stereocenters. The molecule has 0 spiro atoms. The average Bonchev–Trinajstić information content (AvgIpc) is 3.16. The predicted molar refractivity (Wildman–Crippen MR) is 120 cm³/mol. The van der Waals surface area contributed by atoms with Crippen LogP contribution in [0.3, 0.4) is 0 Å². The standard InChI is InChI=1S/C23H26N4O5/c1-3-31-20-14-18-12-16(2)32-21(18)13-17(20)4-7-23(28)26-10-8-25(9-11-26)22-6-5-19(15-24-22)27(29)30/h4-7,13-16H,3,8-12H2,1-2H3/b7-4+. The quantitative estimate of drug-likeness (QED) is 0.388. The van der Waals surface area contributed by atoms with Crippen LogP contribution in [-0.2, 0) is 11.2 Å². The number of benzene rings is 1. The van der Waals surface area contributed by atoms with Gasteiger partial charge < -0.3 is 19.3 Å². The van der Waals surface area contributed by atoms with Crippen LogP contribution in [0.25, 0.3) is 6.08 Å². The molecule has 2 aliphatic heterocycles. The Labute approximate surface area is 186 Å². The second-order valence-electron chi connectivity index (χ2n) is 7.84. The number of aromatic nitrogens is 1. The lowest BCUT2D eigenvalue weighted by molar-refractivity contribution is -0.385. The number of ether oxygens (including phenoxy) is 2. The van der Waals surface area contributed by atoms with Crippen LogP contribution in [-0.4, -0.2) is 59.6 Å². The molecule has 0 saturated carbocycles. The molecule has 2 aliphatic rings. The lowest BCUT2D eigenvalue weighted by Crippen LogP contribution is -2.48. The molecule has 0 aliphatic carbocycles. The highest BCUT2D eigenvalue weighted by Crippen LogP contribution is 2.35. The molecule has 0 radical (unpaired) electrons. The number of anilines is 1. The van der Waals surface area contributed by atoms with Crippen molar-refractivity contribution in [3.8, 4) is 11.5 Å². The topological polar surface area (TPSA) is 98.0 Å². The Morgan fingerprint density at radius 1 is 1.31 bits per heavy atom. The molecule has 168 valence electrons. The van der Waals surface area contributed by atoms with Gasteiger partial charge in [0.1, 0.15) is 29.6 Å². The zero-order valence-corrected chi connectivity index (χ0v) is 18.2. The molecule has 9 nitrogen and oxygen atoms in total. The first-order valence-electron chi connectivity index (χ1n) is 10.7. The summed E-state index contributed by atoms with van der Waals surface area (Å²) in [6.07, 6.45) is 5.60. The van der Waals surface area contributed by atoms with Crippen LogP contribution in [0.15, 0.2) is 36.5 Å². The summed E-state index contributed by atoms with van der Waals surface area (Å²) in [5.74, 6) is 2.20. The van der Waals surface area contributed by atoms with Gasteiger partial charge in [0.2, 0.25) is 5.91 Å². The Morgan fingerprint density at radius 3 is 2.75 bits per heavy atom. The zero-order chi connectivity index (χ0) is 22.7. The third kappa shape index (κ3) is 4.66. The average molecular weight is 438 g/mol. The Kier molecular flexibility index (Phi) is 6.25. The molecule has 3 heterocycles. The van der Waals surface area contributed by atoms with Gasteiger partial charge in [-0.25, -0.2) is 4.98 Å². The van der Waals surface area contributed by atoms with Crippen molar-refractivity contribution in [1.29, 1.82) is 0 Å². The van der Waals surface area contributed by atoms with E-state index in [0.717, 1.165) is 29.0 Å². The molecular formula is C23H26N4O5. The minimum Gasteiger partial charge on any atom is -0.493 e. The van der Waals surface area contributed by atoms with Crippen molar-refractivity contribution in [2.45, 2.75) is 26.4 Å². The van der Waals surface area contributed by atoms with E-state index in [1.54, 1.807) is 23.1 Å². The number of rotatable bonds is 6. The van der Waals surface area contributed by atoms with Crippen molar-refractivity contribution in [3.05, 3.63) is 57.8 Å². The molecule has 1 amide bonds. The summed E-state index contributed by atoms with van der Waals surface area (Å²) in [5.41, 5.74) is 1.91. The second kappa shape index (κ2) is 9.25. The number of nitro groups is 1. The normalized spacial score (nSPS) is 17.9. The Balaban J connectivity index is 1.39. The Hall–Kier alpha value is -3.62. The molecule has 4 rings (SSSR count). The molecule has 1 aromatic carbocycles. The third-order valence-corrected chi connectivity index (χ3v) is 5.59. The maximum Gasteiger partial charge on any atom is 0.287 e. The zero-order valence-electron chi connectivity index (χ0n) is 18.2. The fourth-order valence-electron chi connectivity index (χ4n) is 3.96. The molecule has 9 heteroatoms. The van der Waals surface area contributed by atoms with Crippen LogP contribution >= 0.6 is 0 Å². The minimum atomic E-state index is -0.468. The molecule has 32 heavy (non-hydrogen) atoms. The van der Waals surface area contributed by atoms with Crippen molar-refractivity contribution in [1.82, 2.24) is 9.88 Å². The minimum absolute atomic E-state index is 0.0365. The molecule has 1 unspecified atom stereocenters. The first-order valence-corrected chi connectivity index (χ1v) is 10.7. The van der Waals surface area contributed by atoms with Gasteiger partial charge in [0.15, 0.2) is 0 Å². The Morgan fingerprint density at radius 2 is 2.09 bits per heavy atom. The van der Waals surface area contributed by atoms with E-state index in [1.165, 1.54) is 12.3 Å². The second-order valence-corrected chi connectivity index (χ2v) is 7.84. The highest BCUT2D eigenvalue weighted by molar-refractivity contribution is 5.92. The van der Waals surface area contributed by atoms with Gasteiger partial charge in [0, 0.05) is 55.9 Å². The predicted octanol–water partition coefficient (Wildman–Crippen LogP) is 3.07. The number of carbonyl (C=O) groups excluding carboxylic acids is 1. The molecular weight excluding hydrogens is 412 g/mol. The van der Waals surface area contributed by atoms with Crippen molar-refractivity contribution >= 4 is 23.5 Å². The van der Waals surface area contributed by atoms with Gasteiger partial charge in [-0.3, -0.25) is 14.9 Å². The van der Waals surface area contributed by atoms with E-state index < -0.39 is 4.92 Å². The fourth-order valence-corrected chi connectivity index (χ4v) is 3.96. The van der Waals surface area contributed by atoms with E-state index in [4.69, 9.17) is 9.47 Å². The summed E-state index contributed by atoms with van der Waals surface area (Å²) in [6.45, 7) is 6.83. The molecule has 0 N–H and O–H groups in total. The Bertz CT molecular complexity index is 1030. The number of carbonyl (C=O) groups is 1. The molecule has 0 bridgehead atoms. The molecule has 2 aromatic rings. The van der Waals surface area contributed by atoms with E-state index in [1.807, 2.05) is 30.9 Å². The number of piperazine rings is 1. The summed E-state index contributed by atoms with van der Waals surface area (Å²) in [7, 11) is 0. The van der Waals surface area contributed by atoms with Gasteiger partial charge in [0.25, 0.3) is 5.69 Å². The van der Waals surface area contributed by atoms with Crippen LogP contribution < -0.4 is 14.4 Å². The summed E-state index contributed by atoms with van der Waals surface area (Å²) in [5, 5.41) is 10.8. The summed E-state index contributed by atoms with van der Waals surface area (Å²) >= 11 is 0. The maximum atomic E-state index is 12.7. The van der Waals surface area contributed by atoms with Crippen molar-refractivity contribution in [2.24, 2.45) is 0 Å². The van der Waals surface area contributed by atoms with E-state index >= 15 is 0 Å². The first kappa shape index (κ1) is 21.6. The van der Waals surface area contributed by atoms with Crippen LogP contribution in [0.1, 0.15) is 25.0 Å². The van der Waals surface area contributed by atoms with Gasteiger partial charge >= 0.3 is 0 Å². The van der Waals surface area contributed by atoms with Gasteiger partial charge in [-0.15, -0.1) is 0 Å². The van der Waals surface area contributed by atoms with Crippen LogP contribution in [0.4, 0.5) is 11.5 Å². The van der Waals surface area contributed by atoms with E-state index in [0.29, 0.717) is 38.6 Å². The van der Waals surface area contributed by atoms with E-state index in [2.05, 4.69) is 4.98 Å². The number of amides is 1. The number of fused-ring (bicyclic) bond motifs is 1. The monoisotopic (exact) mass is 438 g/mol. The van der Waals surface area contributed by atoms with Crippen LogP contribution in [0.5, 0.6) is 11.5 Å². The van der Waals surface area contributed by atoms with Crippen molar-refractivity contribution < 1.29 is 19.2 Å². The van der Waals surface area contributed by atoms with Crippen LogP contribution in [0.2, 0.25) is 0 Å². The number of pyridine rings is 1. The third-order valence-electron chi connectivity index (χ3n) is 5.59. The smallest absolute Gasteiger partial charge is 0.287 e. The number of hydrogen-bond acceptors (Lipinski definition) is 7. The largest absolute Gasteiger partial charge is 0.493 e. The van der Waals surface area contributed by atoms with E-state index in [9.17, 15) is 14.9 Å². The highest BCUT2D eigenvalue weighted by atomic mass is 16.6. The molecule has 1 saturated heterocycles. The first-order chi connectivity index (χ1) is 15.4. The van der Waals surface area contributed by atoms with Crippen molar-refractivity contribution in [3.63, 3.8) is 0 Å². The highest BCUT2D eigenvalue weighted by Gasteiger charge is 2.23. The summed E-state index contributed by atoms with van der Waals surface area (Å²) < 4.78 is 11.6. The summed E-state index contributed by atoms with van der Waals surface area (Å²) in [4.78, 5) is 31.0. The maximum absolute atomic E-state index is 12.7. The van der Waals surface area contributed by atoms with Gasteiger partial charge in [-0.1, -0.05) is 0 Å². The summed E-state index contributed by atoms with van der Waals surface area (Å²) in [6, 6.07) is 7.02. The van der Waals surface area contributed by atoms with E-state index in [-0.39, 0.29) is 17.7 Å². The number of hydrogen-bond donors (Lipinski definition) is 0. The van der Waals surface area contributed by atoms with Gasteiger partial charge in [-0.05, 0) is 38.1 Å². The molecule has 1 aromatic heterocycles. The van der Waals surface area contributed by atoms with Crippen LogP contribution in [0, 0.1) is 10.1 Å². The van der Waals surface area contributed by atoms with Gasteiger partial charge in [-0.2, -0.15) is 0 Å².